The number of nitrogens with zero attached hydrogens (tertiary/aromatic N) is 10. The van der Waals surface area contributed by atoms with Crippen molar-refractivity contribution in [1.29, 1.82) is 0 Å². The fraction of sp³-hybridized carbons (Fsp3) is 0. The van der Waals surface area contributed by atoms with Crippen LogP contribution in [0, 0.1) is 12.1 Å². The van der Waals surface area contributed by atoms with Gasteiger partial charge in [0.2, 0.25) is 0 Å². The number of hydrogen-bond acceptors (Lipinski definition) is 6. The van der Waals surface area contributed by atoms with Crippen LogP contribution in [-0.4, -0.2) is 38.9 Å². The van der Waals surface area contributed by atoms with E-state index in [4.69, 9.17) is 9.97 Å². The molecule has 74 heavy (non-hydrogen) atoms. The van der Waals surface area contributed by atoms with Crippen molar-refractivity contribution < 1.29 is 42.1 Å². The second kappa shape index (κ2) is 20.8. The summed E-state index contributed by atoms with van der Waals surface area (Å²) in [5, 5.41) is 32.7. The maximum atomic E-state index is 4.91. The summed E-state index contributed by atoms with van der Waals surface area (Å²) in [6, 6.07) is 75.8. The molecule has 0 unspecified atom stereocenters. The first-order valence-corrected chi connectivity index (χ1v) is 23.5. The van der Waals surface area contributed by atoms with Gasteiger partial charge in [-0.2, -0.15) is 48.5 Å². The Hall–Kier alpha value is -8.68. The third-order valence-corrected chi connectivity index (χ3v) is 13.3. The van der Waals surface area contributed by atoms with E-state index in [9.17, 15) is 0 Å². The van der Waals surface area contributed by atoms with Gasteiger partial charge in [0.25, 0.3) is 0 Å². The number of para-hydroxylation sites is 4. The molecule has 0 bridgehead atoms. The van der Waals surface area contributed by atoms with Gasteiger partial charge < -0.3 is 29.0 Å². The molecule has 0 aliphatic carbocycles. The van der Waals surface area contributed by atoms with E-state index >= 15 is 0 Å². The van der Waals surface area contributed by atoms with Crippen molar-refractivity contribution in [2.24, 2.45) is 0 Å². The number of rotatable bonds is 0. The van der Waals surface area contributed by atoms with Crippen LogP contribution in [0.25, 0.3) is 120 Å². The molecule has 8 heterocycles. The van der Waals surface area contributed by atoms with Crippen LogP contribution in [0.4, 0.5) is 0 Å². The molecule has 0 aliphatic heterocycles. The van der Waals surface area contributed by atoms with Crippen molar-refractivity contribution in [1.82, 2.24) is 49.1 Å². The Kier molecular flexibility index (Phi) is 13.4. The fourth-order valence-electron chi connectivity index (χ4n) is 10.4. The normalized spacial score (nSPS) is 11.0. The zero-order valence-corrected chi connectivity index (χ0v) is 43.6. The van der Waals surface area contributed by atoms with Gasteiger partial charge in [-0.1, -0.05) is 157 Å². The van der Waals surface area contributed by atoms with Crippen molar-refractivity contribution >= 4 is 120 Å². The minimum Gasteiger partial charge on any atom is -0.432 e. The van der Waals surface area contributed by atoms with Crippen molar-refractivity contribution in [2.45, 2.75) is 0 Å². The molecule has 0 saturated carbocycles. The minimum atomic E-state index is 0. The molecule has 0 N–H and O–H groups in total. The van der Waals surface area contributed by atoms with Gasteiger partial charge in [-0.05, 0) is 78.1 Å². The average molecular weight is 1310 g/mol. The van der Waals surface area contributed by atoms with E-state index in [1.165, 1.54) is 112 Å². The molecule has 8 aromatic carbocycles. The van der Waals surface area contributed by atoms with E-state index in [1.807, 2.05) is 36.7 Å². The van der Waals surface area contributed by atoms with Crippen LogP contribution >= 0.6 is 0 Å². The van der Waals surface area contributed by atoms with E-state index in [2.05, 4.69) is 221 Å². The molecule has 0 fully saturated rings. The SMILES string of the molecule is [Pt+2].[Pt+2].[c-]1cccc2c3cccc4c5ccccc5c5ccccc5c5cccnc5n(c12)c43.[c-]1cccc2c3cccc4c5ccccc5c5ccccc5c5cccnc5n(c12)c43.c1nc[n-]n1.c1nc[n-]n1. The molecule has 12 heteroatoms. The first-order valence-electron chi connectivity index (χ1n) is 23.5. The average Bonchev–Trinajstić information content (AvgIpc) is 4.34. The summed E-state index contributed by atoms with van der Waals surface area (Å²) in [7, 11) is 0. The summed E-state index contributed by atoms with van der Waals surface area (Å²) in [4.78, 5) is 16.8. The van der Waals surface area contributed by atoms with E-state index < -0.39 is 0 Å². The van der Waals surface area contributed by atoms with E-state index in [0.717, 1.165) is 33.1 Å². The summed E-state index contributed by atoms with van der Waals surface area (Å²) in [6.45, 7) is 0. The predicted octanol–water partition coefficient (Wildman–Crippen LogP) is 13.8. The van der Waals surface area contributed by atoms with Crippen LogP contribution in [0.5, 0.6) is 0 Å². The number of pyridine rings is 2. The van der Waals surface area contributed by atoms with Gasteiger partial charge in [0.05, 0.1) is 0 Å². The van der Waals surface area contributed by atoms with Gasteiger partial charge in [0.1, 0.15) is 11.3 Å². The molecule has 8 aromatic heterocycles. The molecular formula is C62H38N10Pt2. The standard InChI is InChI=1S/2C29H17N2.2C2H2N3.2Pt/c2*1-3-11-21-19(9-1)20-10-2-4-12-22(20)26-16-8-18-30-29(26)31-27-17-6-5-13-23(27)25-15-7-14-24(21)28(25)31;2*1-3-2-5-4-1;;/h2*1-16,18H;2*1-2H;;/q4*-1;2*+2. The Morgan fingerprint density at radius 3 is 0.932 bits per heavy atom. The monoisotopic (exact) mass is 1310 g/mol. The molecule has 10 nitrogen and oxygen atoms in total. The van der Waals surface area contributed by atoms with Crippen LogP contribution in [-0.2, 0) is 42.1 Å². The summed E-state index contributed by atoms with van der Waals surface area (Å²) in [6.07, 6.45) is 9.32. The van der Waals surface area contributed by atoms with E-state index in [1.54, 1.807) is 0 Å². The fourth-order valence-corrected chi connectivity index (χ4v) is 10.4. The second-order valence-corrected chi connectivity index (χ2v) is 17.1. The van der Waals surface area contributed by atoms with Crippen LogP contribution < -0.4 is 10.2 Å². The molecule has 0 atom stereocenters. The number of hydrogen-bond donors (Lipinski definition) is 0. The summed E-state index contributed by atoms with van der Waals surface area (Å²) in [5.74, 6) is 0. The van der Waals surface area contributed by atoms with Gasteiger partial charge >= 0.3 is 42.1 Å². The second-order valence-electron chi connectivity index (χ2n) is 17.1. The number of benzene rings is 8. The minimum absolute atomic E-state index is 0. The summed E-state index contributed by atoms with van der Waals surface area (Å²) >= 11 is 0. The Labute approximate surface area is 451 Å². The van der Waals surface area contributed by atoms with Gasteiger partial charge in [0, 0.05) is 57.6 Å². The molecule has 0 radical (unpaired) electrons. The smallest absolute Gasteiger partial charge is 0.432 e. The summed E-state index contributed by atoms with van der Waals surface area (Å²) < 4.78 is 4.60. The Bertz CT molecular complexity index is 4390. The number of aromatic nitrogens is 10. The zero-order chi connectivity index (χ0) is 47.8. The largest absolute Gasteiger partial charge is 2.00 e. The molecule has 16 aromatic rings. The topological polar surface area (TPSA) is 114 Å². The Morgan fingerprint density at radius 2 is 0.608 bits per heavy atom. The van der Waals surface area contributed by atoms with Gasteiger partial charge in [-0.15, -0.1) is 10.8 Å². The molecular weight excluding hydrogens is 1270 g/mol. The Balaban J connectivity index is 0.000000131. The zero-order valence-electron chi connectivity index (χ0n) is 39.0. The van der Waals surface area contributed by atoms with Crippen molar-refractivity contribution in [3.63, 3.8) is 0 Å². The van der Waals surface area contributed by atoms with E-state index in [-0.39, 0.29) is 42.1 Å². The third-order valence-electron chi connectivity index (χ3n) is 13.3. The summed E-state index contributed by atoms with van der Waals surface area (Å²) in [5.41, 5.74) is 6.36. The number of fused-ring (bicyclic) bond motifs is 20. The van der Waals surface area contributed by atoms with Gasteiger partial charge in [0.15, 0.2) is 0 Å². The maximum Gasteiger partial charge on any atom is 2.00 e. The Morgan fingerprint density at radius 1 is 0.311 bits per heavy atom. The molecule has 0 amide bonds. The first kappa shape index (κ1) is 47.6. The van der Waals surface area contributed by atoms with Gasteiger partial charge in [-0.3, -0.25) is 10.2 Å². The maximum absolute atomic E-state index is 4.91. The van der Waals surface area contributed by atoms with Crippen molar-refractivity contribution in [3.05, 3.63) is 244 Å². The predicted molar refractivity (Wildman–Crippen MR) is 291 cm³/mol. The molecule has 356 valence electrons. The molecule has 0 spiro atoms. The van der Waals surface area contributed by atoms with Crippen LogP contribution in [0.15, 0.2) is 232 Å². The van der Waals surface area contributed by atoms with E-state index in [0.29, 0.717) is 0 Å². The first-order chi connectivity index (χ1) is 35.8. The van der Waals surface area contributed by atoms with Crippen LogP contribution in [0.3, 0.4) is 0 Å². The van der Waals surface area contributed by atoms with Crippen molar-refractivity contribution in [3.8, 4) is 0 Å². The van der Waals surface area contributed by atoms with Crippen LogP contribution in [0.1, 0.15) is 0 Å². The van der Waals surface area contributed by atoms with Gasteiger partial charge in [-0.25, -0.2) is 9.97 Å². The molecule has 16 rings (SSSR count). The third kappa shape index (κ3) is 8.19. The molecule has 0 aliphatic rings. The molecule has 0 saturated heterocycles. The van der Waals surface area contributed by atoms with Crippen molar-refractivity contribution in [2.75, 3.05) is 0 Å². The quantitative estimate of drug-likeness (QED) is 0.138. The van der Waals surface area contributed by atoms with Crippen LogP contribution in [0.2, 0.25) is 0 Å².